The highest BCUT2D eigenvalue weighted by Gasteiger charge is 2.29. The van der Waals surface area contributed by atoms with Crippen molar-refractivity contribution in [2.45, 2.75) is 6.54 Å². The van der Waals surface area contributed by atoms with E-state index in [9.17, 15) is 14.4 Å². The average Bonchev–Trinajstić information content (AvgIpc) is 3.39. The Bertz CT molecular complexity index is 1680. The first-order valence-electron chi connectivity index (χ1n) is 14.3. The number of carbonyl (C=O) groups excluding carboxylic acids is 3. The van der Waals surface area contributed by atoms with Gasteiger partial charge in [0.25, 0.3) is 11.8 Å². The monoisotopic (exact) mass is 572 g/mol. The fourth-order valence-electron chi connectivity index (χ4n) is 5.52. The van der Waals surface area contributed by atoms with Crippen LogP contribution in [0.3, 0.4) is 0 Å². The number of ether oxygens (including phenoxy) is 1. The lowest BCUT2D eigenvalue weighted by Gasteiger charge is -2.34. The number of hydrogen-bond acceptors (Lipinski definition) is 6. The molecule has 8 nitrogen and oxygen atoms in total. The van der Waals surface area contributed by atoms with Gasteiger partial charge in [-0.05, 0) is 47.5 Å². The van der Waals surface area contributed by atoms with Crippen LogP contribution in [-0.4, -0.2) is 60.9 Å². The van der Waals surface area contributed by atoms with Gasteiger partial charge in [0.2, 0.25) is 0 Å². The Morgan fingerprint density at radius 2 is 1.44 bits per heavy atom. The van der Waals surface area contributed by atoms with Gasteiger partial charge in [0.15, 0.2) is 0 Å². The number of anilines is 2. The smallest absolute Gasteiger partial charge is 0.337 e. The van der Waals surface area contributed by atoms with Crippen LogP contribution in [0.5, 0.6) is 0 Å². The van der Waals surface area contributed by atoms with E-state index >= 15 is 0 Å². The summed E-state index contributed by atoms with van der Waals surface area (Å²) in [5.74, 6) is -0.620. The van der Waals surface area contributed by atoms with Crippen LogP contribution in [0.2, 0.25) is 0 Å². The Kier molecular flexibility index (Phi) is 8.02. The van der Waals surface area contributed by atoms with Gasteiger partial charge in [-0.1, -0.05) is 66.7 Å². The van der Waals surface area contributed by atoms with Gasteiger partial charge in [0.05, 0.1) is 29.6 Å². The van der Waals surface area contributed by atoms with Crippen molar-refractivity contribution in [2.24, 2.45) is 0 Å². The average molecular weight is 573 g/mol. The van der Waals surface area contributed by atoms with Crippen LogP contribution in [0.4, 0.5) is 11.4 Å². The predicted molar refractivity (Wildman–Crippen MR) is 167 cm³/mol. The number of piperazine rings is 1. The maximum atomic E-state index is 13.3. The number of amides is 2. The third-order valence-electron chi connectivity index (χ3n) is 7.81. The molecule has 4 aromatic carbocycles. The Morgan fingerprint density at radius 1 is 0.791 bits per heavy atom. The number of nitrogens with one attached hydrogen (secondary N) is 2. The van der Waals surface area contributed by atoms with Crippen LogP contribution in [0, 0.1) is 0 Å². The number of methoxy groups -OCH3 is 1. The third kappa shape index (κ3) is 6.05. The highest BCUT2D eigenvalue weighted by Crippen LogP contribution is 2.38. The van der Waals surface area contributed by atoms with E-state index in [1.165, 1.54) is 12.7 Å². The Morgan fingerprint density at radius 3 is 2.09 bits per heavy atom. The van der Waals surface area contributed by atoms with Crippen molar-refractivity contribution in [1.29, 1.82) is 0 Å². The third-order valence-corrected chi connectivity index (χ3v) is 7.81. The summed E-state index contributed by atoms with van der Waals surface area (Å²) in [5, 5.41) is 6.39. The summed E-state index contributed by atoms with van der Waals surface area (Å²) in [7, 11) is 1.33. The van der Waals surface area contributed by atoms with E-state index in [2.05, 4.69) is 27.7 Å². The molecule has 2 amide bonds. The largest absolute Gasteiger partial charge is 0.465 e. The minimum absolute atomic E-state index is 0.0847. The van der Waals surface area contributed by atoms with Crippen LogP contribution < -0.4 is 10.6 Å². The first-order valence-corrected chi connectivity index (χ1v) is 14.3. The maximum absolute atomic E-state index is 13.3. The maximum Gasteiger partial charge on any atom is 0.337 e. The molecule has 216 valence electrons. The molecule has 0 atom stereocenters. The summed E-state index contributed by atoms with van der Waals surface area (Å²) in [6, 6.07) is 32.4. The highest BCUT2D eigenvalue weighted by atomic mass is 16.5. The van der Waals surface area contributed by atoms with Crippen molar-refractivity contribution >= 4 is 40.4 Å². The first-order chi connectivity index (χ1) is 21.0. The molecule has 2 heterocycles. The van der Waals surface area contributed by atoms with Crippen molar-refractivity contribution in [1.82, 2.24) is 9.80 Å². The highest BCUT2D eigenvalue weighted by molar-refractivity contribution is 6.37. The molecule has 6 rings (SSSR count). The minimum Gasteiger partial charge on any atom is -0.465 e. The number of fused-ring (bicyclic) bond motifs is 1. The van der Waals surface area contributed by atoms with Gasteiger partial charge in [-0.2, -0.15) is 0 Å². The molecule has 0 radical (unpaired) electrons. The van der Waals surface area contributed by atoms with Crippen LogP contribution >= 0.6 is 0 Å². The minimum atomic E-state index is -0.460. The standard InChI is InChI=1S/C35H32N4O4/c1-43-35(42)27-14-17-29-30(22-27)37-33(40)31(29)32(25-8-4-2-5-9-25)36-28-15-12-24(13-16-28)23-38-18-20-39(21-19-38)34(41)26-10-6-3-7-11-26/h2-17,22,36H,18-21,23H2,1H3,(H,37,40)/b32-31-. The summed E-state index contributed by atoms with van der Waals surface area (Å²) >= 11 is 0. The normalized spacial score (nSPS) is 15.8. The SMILES string of the molecule is COC(=O)c1ccc2c(c1)NC(=O)/C2=C(\Nc1ccc(CN2CCN(C(=O)c3ccccc3)CC2)cc1)c1ccccc1. The number of hydrogen-bond donors (Lipinski definition) is 2. The summed E-state index contributed by atoms with van der Waals surface area (Å²) in [6.07, 6.45) is 0. The number of benzene rings is 4. The summed E-state index contributed by atoms with van der Waals surface area (Å²) in [5.41, 5.74) is 6.45. The van der Waals surface area contributed by atoms with Crippen molar-refractivity contribution in [3.05, 3.63) is 131 Å². The summed E-state index contributed by atoms with van der Waals surface area (Å²) in [4.78, 5) is 42.4. The van der Waals surface area contributed by atoms with Crippen LogP contribution in [0.25, 0.3) is 11.3 Å². The number of esters is 1. The molecule has 0 saturated carbocycles. The lowest BCUT2D eigenvalue weighted by Crippen LogP contribution is -2.48. The van der Waals surface area contributed by atoms with E-state index in [1.54, 1.807) is 18.2 Å². The fourth-order valence-corrected chi connectivity index (χ4v) is 5.52. The van der Waals surface area contributed by atoms with E-state index < -0.39 is 5.97 Å². The second-order valence-electron chi connectivity index (χ2n) is 10.6. The quantitative estimate of drug-likeness (QED) is 0.229. The lowest BCUT2D eigenvalue weighted by molar-refractivity contribution is -0.110. The van der Waals surface area contributed by atoms with E-state index in [-0.39, 0.29) is 11.8 Å². The van der Waals surface area contributed by atoms with Crippen molar-refractivity contribution in [3.63, 3.8) is 0 Å². The summed E-state index contributed by atoms with van der Waals surface area (Å²) < 4.78 is 4.84. The molecular formula is C35H32N4O4. The molecule has 0 unspecified atom stereocenters. The molecule has 4 aromatic rings. The molecular weight excluding hydrogens is 540 g/mol. The molecule has 2 N–H and O–H groups in total. The zero-order chi connectivity index (χ0) is 29.8. The van der Waals surface area contributed by atoms with Crippen LogP contribution in [-0.2, 0) is 16.1 Å². The summed E-state index contributed by atoms with van der Waals surface area (Å²) in [6.45, 7) is 3.82. The molecule has 0 bridgehead atoms. The van der Waals surface area contributed by atoms with E-state index in [1.807, 2.05) is 77.7 Å². The molecule has 0 aromatic heterocycles. The van der Waals surface area contributed by atoms with E-state index in [0.717, 1.165) is 36.4 Å². The fraction of sp³-hybridized carbons (Fsp3) is 0.171. The molecule has 8 heteroatoms. The number of nitrogens with zero attached hydrogens (tertiary/aromatic N) is 2. The van der Waals surface area contributed by atoms with Crippen molar-refractivity contribution in [3.8, 4) is 0 Å². The predicted octanol–water partition coefficient (Wildman–Crippen LogP) is 5.36. The van der Waals surface area contributed by atoms with Gasteiger partial charge in [0, 0.05) is 49.5 Å². The second kappa shape index (κ2) is 12.3. The van der Waals surface area contributed by atoms with Gasteiger partial charge in [-0.25, -0.2) is 4.79 Å². The van der Waals surface area contributed by atoms with Crippen molar-refractivity contribution in [2.75, 3.05) is 43.9 Å². The zero-order valence-corrected chi connectivity index (χ0v) is 23.9. The van der Waals surface area contributed by atoms with Gasteiger partial charge in [0.1, 0.15) is 0 Å². The molecule has 1 saturated heterocycles. The molecule has 43 heavy (non-hydrogen) atoms. The zero-order valence-electron chi connectivity index (χ0n) is 23.9. The van der Waals surface area contributed by atoms with Gasteiger partial charge < -0.3 is 20.3 Å². The molecule has 0 aliphatic carbocycles. The Labute approximate surface area is 250 Å². The first kappa shape index (κ1) is 27.9. The Balaban J connectivity index is 1.17. The Hall–Kier alpha value is -5.21. The van der Waals surface area contributed by atoms with E-state index in [4.69, 9.17) is 4.74 Å². The van der Waals surface area contributed by atoms with Crippen molar-refractivity contribution < 1.29 is 19.1 Å². The van der Waals surface area contributed by atoms with Gasteiger partial charge in [-0.3, -0.25) is 14.5 Å². The second-order valence-corrected chi connectivity index (χ2v) is 10.6. The number of rotatable bonds is 7. The lowest BCUT2D eigenvalue weighted by atomic mass is 9.99. The van der Waals surface area contributed by atoms with Crippen LogP contribution in [0.15, 0.2) is 103 Å². The molecule has 0 spiro atoms. The van der Waals surface area contributed by atoms with Gasteiger partial charge >= 0.3 is 5.97 Å². The van der Waals surface area contributed by atoms with Crippen LogP contribution in [0.1, 0.15) is 37.4 Å². The van der Waals surface area contributed by atoms with E-state index in [0.29, 0.717) is 41.2 Å². The van der Waals surface area contributed by atoms with Gasteiger partial charge in [-0.15, -0.1) is 0 Å². The molecule has 2 aliphatic heterocycles. The number of carbonyl (C=O) groups is 3. The molecule has 1 fully saturated rings. The topological polar surface area (TPSA) is 91.0 Å². The molecule has 2 aliphatic rings.